The molecule has 1 unspecified atom stereocenters. The highest BCUT2D eigenvalue weighted by molar-refractivity contribution is 9.10. The zero-order valence-electron chi connectivity index (χ0n) is 13.2. The molecule has 0 aliphatic heterocycles. The zero-order chi connectivity index (χ0) is 16.8. The fraction of sp³-hybridized carbons (Fsp3) is 0.235. The van der Waals surface area contributed by atoms with Crippen LogP contribution in [0.4, 0.5) is 11.4 Å². The molecule has 2 N–H and O–H groups in total. The van der Waals surface area contributed by atoms with Crippen LogP contribution in [0.3, 0.4) is 0 Å². The van der Waals surface area contributed by atoms with Gasteiger partial charge in [-0.05, 0) is 31.2 Å². The second-order valence-electron chi connectivity index (χ2n) is 4.96. The summed E-state index contributed by atoms with van der Waals surface area (Å²) in [4.78, 5) is 12.3. The number of halogens is 1. The van der Waals surface area contributed by atoms with E-state index in [9.17, 15) is 4.79 Å². The van der Waals surface area contributed by atoms with E-state index >= 15 is 0 Å². The summed E-state index contributed by atoms with van der Waals surface area (Å²) in [5, 5.41) is 6.00. The summed E-state index contributed by atoms with van der Waals surface area (Å²) in [5.74, 6) is 1.19. The van der Waals surface area contributed by atoms with Crippen LogP contribution in [0.25, 0.3) is 0 Å². The number of carbonyl (C=O) groups excluding carboxylic acids is 1. The molecule has 0 aliphatic rings. The van der Waals surface area contributed by atoms with Gasteiger partial charge in [0.15, 0.2) is 0 Å². The van der Waals surface area contributed by atoms with Crippen LogP contribution in [0.1, 0.15) is 6.92 Å². The van der Waals surface area contributed by atoms with Gasteiger partial charge in [-0.3, -0.25) is 4.79 Å². The molecule has 0 aliphatic carbocycles. The monoisotopic (exact) mass is 378 g/mol. The van der Waals surface area contributed by atoms with E-state index in [0.717, 1.165) is 15.8 Å². The Bertz CT molecular complexity index is 652. The van der Waals surface area contributed by atoms with Crippen molar-refractivity contribution in [2.45, 2.75) is 13.0 Å². The highest BCUT2D eigenvalue weighted by Gasteiger charge is 2.14. The SMILES string of the molecule is COc1cc(NC(C)C(=O)Nc2ccc(Br)cc2)cc(OC)c1. The topological polar surface area (TPSA) is 59.6 Å². The molecule has 1 amide bonds. The minimum Gasteiger partial charge on any atom is -0.497 e. The number of ether oxygens (including phenoxy) is 2. The van der Waals surface area contributed by atoms with E-state index in [1.807, 2.05) is 36.4 Å². The first-order valence-electron chi connectivity index (χ1n) is 7.08. The molecular weight excluding hydrogens is 360 g/mol. The first-order valence-corrected chi connectivity index (χ1v) is 7.87. The molecule has 0 radical (unpaired) electrons. The van der Waals surface area contributed by atoms with Crippen LogP contribution in [-0.2, 0) is 4.79 Å². The molecule has 0 saturated carbocycles. The molecule has 2 aromatic carbocycles. The van der Waals surface area contributed by atoms with E-state index in [-0.39, 0.29) is 5.91 Å². The number of methoxy groups -OCH3 is 2. The summed E-state index contributed by atoms with van der Waals surface area (Å²) in [7, 11) is 3.17. The van der Waals surface area contributed by atoms with Gasteiger partial charge in [-0.25, -0.2) is 0 Å². The number of anilines is 2. The summed E-state index contributed by atoms with van der Waals surface area (Å²) < 4.78 is 11.4. The van der Waals surface area contributed by atoms with Gasteiger partial charge in [0.05, 0.1) is 14.2 Å². The van der Waals surface area contributed by atoms with E-state index in [1.54, 1.807) is 27.2 Å². The van der Waals surface area contributed by atoms with Gasteiger partial charge in [0, 0.05) is 34.0 Å². The summed E-state index contributed by atoms with van der Waals surface area (Å²) in [6, 6.07) is 12.4. The Balaban J connectivity index is 2.04. The molecule has 5 nitrogen and oxygen atoms in total. The van der Waals surface area contributed by atoms with Crippen LogP contribution in [-0.4, -0.2) is 26.2 Å². The van der Waals surface area contributed by atoms with Gasteiger partial charge in [-0.1, -0.05) is 15.9 Å². The molecule has 0 bridgehead atoms. The lowest BCUT2D eigenvalue weighted by molar-refractivity contribution is -0.116. The summed E-state index contributed by atoms with van der Waals surface area (Å²) in [6.45, 7) is 1.79. The maximum Gasteiger partial charge on any atom is 0.246 e. The van der Waals surface area contributed by atoms with E-state index in [2.05, 4.69) is 26.6 Å². The molecule has 0 fully saturated rings. The van der Waals surface area contributed by atoms with Crippen molar-refractivity contribution in [1.29, 1.82) is 0 Å². The second-order valence-corrected chi connectivity index (χ2v) is 5.88. The predicted octanol–water partition coefficient (Wildman–Crippen LogP) is 3.91. The fourth-order valence-electron chi connectivity index (χ4n) is 1.99. The molecule has 0 spiro atoms. The van der Waals surface area contributed by atoms with Crippen molar-refractivity contribution in [3.63, 3.8) is 0 Å². The van der Waals surface area contributed by atoms with Gasteiger partial charge in [-0.2, -0.15) is 0 Å². The zero-order valence-corrected chi connectivity index (χ0v) is 14.8. The minimum atomic E-state index is -0.421. The van der Waals surface area contributed by atoms with Gasteiger partial charge < -0.3 is 20.1 Å². The lowest BCUT2D eigenvalue weighted by atomic mass is 10.2. The molecule has 23 heavy (non-hydrogen) atoms. The van der Waals surface area contributed by atoms with E-state index < -0.39 is 6.04 Å². The third-order valence-corrected chi connectivity index (χ3v) is 3.77. The van der Waals surface area contributed by atoms with Crippen LogP contribution in [0.2, 0.25) is 0 Å². The van der Waals surface area contributed by atoms with Gasteiger partial charge in [0.25, 0.3) is 0 Å². The molecule has 1 atom stereocenters. The molecular formula is C17H19BrN2O3. The number of amides is 1. The number of benzene rings is 2. The number of hydrogen-bond acceptors (Lipinski definition) is 4. The van der Waals surface area contributed by atoms with Crippen molar-refractivity contribution >= 4 is 33.2 Å². The molecule has 6 heteroatoms. The Morgan fingerprint density at radius 2 is 1.57 bits per heavy atom. The van der Waals surface area contributed by atoms with Crippen molar-refractivity contribution < 1.29 is 14.3 Å². The van der Waals surface area contributed by atoms with Crippen LogP contribution < -0.4 is 20.1 Å². The normalized spacial score (nSPS) is 11.5. The number of nitrogens with one attached hydrogen (secondary N) is 2. The molecule has 2 aromatic rings. The molecule has 0 heterocycles. The Morgan fingerprint density at radius 3 is 2.09 bits per heavy atom. The van der Waals surface area contributed by atoms with Crippen LogP contribution >= 0.6 is 15.9 Å². The van der Waals surface area contributed by atoms with E-state index in [0.29, 0.717) is 11.5 Å². The number of rotatable bonds is 6. The predicted molar refractivity (Wildman–Crippen MR) is 95.4 cm³/mol. The van der Waals surface area contributed by atoms with Crippen LogP contribution in [0, 0.1) is 0 Å². The van der Waals surface area contributed by atoms with E-state index in [4.69, 9.17) is 9.47 Å². The Hall–Kier alpha value is -2.21. The van der Waals surface area contributed by atoms with Crippen molar-refractivity contribution in [3.8, 4) is 11.5 Å². The number of carbonyl (C=O) groups is 1. The van der Waals surface area contributed by atoms with Crippen molar-refractivity contribution in [3.05, 3.63) is 46.9 Å². The van der Waals surface area contributed by atoms with Gasteiger partial charge >= 0.3 is 0 Å². The molecule has 122 valence electrons. The largest absolute Gasteiger partial charge is 0.497 e. The molecule has 0 saturated heterocycles. The lowest BCUT2D eigenvalue weighted by Crippen LogP contribution is -2.31. The van der Waals surface area contributed by atoms with Crippen molar-refractivity contribution in [1.82, 2.24) is 0 Å². The minimum absolute atomic E-state index is 0.130. The first-order chi connectivity index (χ1) is 11.0. The smallest absolute Gasteiger partial charge is 0.246 e. The number of hydrogen-bond donors (Lipinski definition) is 2. The Kier molecular flexibility index (Phi) is 5.87. The van der Waals surface area contributed by atoms with Crippen molar-refractivity contribution in [2.24, 2.45) is 0 Å². The highest BCUT2D eigenvalue weighted by Crippen LogP contribution is 2.26. The summed E-state index contributed by atoms with van der Waals surface area (Å²) in [6.07, 6.45) is 0. The third-order valence-electron chi connectivity index (χ3n) is 3.24. The van der Waals surface area contributed by atoms with Crippen LogP contribution in [0.5, 0.6) is 11.5 Å². The fourth-order valence-corrected chi connectivity index (χ4v) is 2.25. The molecule has 0 aromatic heterocycles. The molecule has 2 rings (SSSR count). The second kappa shape index (κ2) is 7.87. The van der Waals surface area contributed by atoms with Crippen LogP contribution in [0.15, 0.2) is 46.9 Å². The summed E-state index contributed by atoms with van der Waals surface area (Å²) >= 11 is 3.36. The Labute approximate surface area is 144 Å². The maximum atomic E-state index is 12.3. The quantitative estimate of drug-likeness (QED) is 0.799. The summed E-state index contributed by atoms with van der Waals surface area (Å²) in [5.41, 5.74) is 1.50. The Morgan fingerprint density at radius 1 is 1.00 bits per heavy atom. The first kappa shape index (κ1) is 17.1. The van der Waals surface area contributed by atoms with E-state index in [1.165, 1.54) is 0 Å². The highest BCUT2D eigenvalue weighted by atomic mass is 79.9. The van der Waals surface area contributed by atoms with Gasteiger partial charge in [0.2, 0.25) is 5.91 Å². The van der Waals surface area contributed by atoms with Gasteiger partial charge in [0.1, 0.15) is 17.5 Å². The average molecular weight is 379 g/mol. The standard InChI is InChI=1S/C17H19BrN2O3/c1-11(17(21)20-13-6-4-12(18)5-7-13)19-14-8-15(22-2)10-16(9-14)23-3/h4-11,19H,1-3H3,(H,20,21). The van der Waals surface area contributed by atoms with Gasteiger partial charge in [-0.15, -0.1) is 0 Å². The maximum absolute atomic E-state index is 12.3. The lowest BCUT2D eigenvalue weighted by Gasteiger charge is -2.16. The van der Waals surface area contributed by atoms with Crippen molar-refractivity contribution in [2.75, 3.05) is 24.9 Å². The average Bonchev–Trinajstić information content (AvgIpc) is 2.56. The third kappa shape index (κ3) is 4.89.